The Labute approximate surface area is 141 Å². The molecule has 1 atom stereocenters. The van der Waals surface area contributed by atoms with Crippen molar-refractivity contribution in [1.29, 1.82) is 0 Å². The lowest BCUT2D eigenvalue weighted by Gasteiger charge is -2.20. The van der Waals surface area contributed by atoms with E-state index in [9.17, 15) is 8.42 Å². The van der Waals surface area contributed by atoms with Gasteiger partial charge in [-0.1, -0.05) is 6.07 Å². The van der Waals surface area contributed by atoms with Crippen LogP contribution < -0.4 is 5.32 Å². The van der Waals surface area contributed by atoms with Gasteiger partial charge in [0.25, 0.3) is 10.2 Å². The average molecular weight is 348 g/mol. The molecule has 128 valence electrons. The quantitative estimate of drug-likeness (QED) is 0.873. The van der Waals surface area contributed by atoms with Crippen LogP contribution in [-0.4, -0.2) is 59.2 Å². The predicted molar refractivity (Wildman–Crippen MR) is 91.1 cm³/mol. The molecule has 1 aliphatic rings. The Kier molecular flexibility index (Phi) is 4.74. The average Bonchev–Trinajstić information content (AvgIpc) is 3.07. The number of hydrogen-bond donors (Lipinski definition) is 1. The van der Waals surface area contributed by atoms with Gasteiger partial charge in [-0.15, -0.1) is 0 Å². The third kappa shape index (κ3) is 3.53. The van der Waals surface area contributed by atoms with E-state index < -0.39 is 10.2 Å². The molecule has 3 heterocycles. The summed E-state index contributed by atoms with van der Waals surface area (Å²) in [6, 6.07) is 7.37. The molecular weight excluding hydrogens is 328 g/mol. The summed E-state index contributed by atoms with van der Waals surface area (Å²) in [6.07, 6.45) is 4.11. The Balaban J connectivity index is 1.73. The summed E-state index contributed by atoms with van der Waals surface area (Å²) in [4.78, 5) is 12.9. The van der Waals surface area contributed by atoms with Crippen LogP contribution >= 0.6 is 0 Å². The predicted octanol–water partition coefficient (Wildman–Crippen LogP) is 1.21. The molecule has 0 amide bonds. The van der Waals surface area contributed by atoms with Crippen molar-refractivity contribution in [2.24, 2.45) is 0 Å². The number of hydrogen-bond acceptors (Lipinski definition) is 6. The van der Waals surface area contributed by atoms with Gasteiger partial charge in [-0.05, 0) is 24.6 Å². The SMILES string of the molecule is CN(C)S(=O)(=O)N1CC[C@H](c2ccnc(Nc3ccccn3)n2)C1. The second kappa shape index (κ2) is 6.80. The van der Waals surface area contributed by atoms with Gasteiger partial charge < -0.3 is 5.32 Å². The van der Waals surface area contributed by atoms with E-state index in [0.717, 1.165) is 12.1 Å². The maximum atomic E-state index is 12.2. The van der Waals surface area contributed by atoms with Crippen LogP contribution in [0.5, 0.6) is 0 Å². The van der Waals surface area contributed by atoms with Gasteiger partial charge in [0.1, 0.15) is 5.82 Å². The van der Waals surface area contributed by atoms with Crippen molar-refractivity contribution in [3.05, 3.63) is 42.4 Å². The first-order valence-corrected chi connectivity index (χ1v) is 9.05. The summed E-state index contributed by atoms with van der Waals surface area (Å²) in [7, 11) is -0.291. The molecule has 1 N–H and O–H groups in total. The highest BCUT2D eigenvalue weighted by Gasteiger charge is 2.34. The first-order valence-electron chi connectivity index (χ1n) is 7.65. The van der Waals surface area contributed by atoms with Gasteiger partial charge >= 0.3 is 0 Å². The van der Waals surface area contributed by atoms with E-state index in [-0.39, 0.29) is 5.92 Å². The van der Waals surface area contributed by atoms with Gasteiger partial charge in [-0.25, -0.2) is 15.0 Å². The van der Waals surface area contributed by atoms with Gasteiger partial charge in [0.15, 0.2) is 0 Å². The lowest BCUT2D eigenvalue weighted by molar-refractivity contribution is 0.418. The number of nitrogens with zero attached hydrogens (tertiary/aromatic N) is 5. The molecule has 8 nitrogen and oxygen atoms in total. The summed E-state index contributed by atoms with van der Waals surface area (Å²) >= 11 is 0. The van der Waals surface area contributed by atoms with Gasteiger partial charge in [-0.3, -0.25) is 0 Å². The molecule has 0 radical (unpaired) electrons. The van der Waals surface area contributed by atoms with Gasteiger partial charge in [0, 0.05) is 45.5 Å². The number of aromatic nitrogens is 3. The summed E-state index contributed by atoms with van der Waals surface area (Å²) in [6.45, 7) is 0.929. The van der Waals surface area contributed by atoms with E-state index >= 15 is 0 Å². The second-order valence-corrected chi connectivity index (χ2v) is 7.92. The van der Waals surface area contributed by atoms with Gasteiger partial charge in [-0.2, -0.15) is 17.0 Å². The third-order valence-corrected chi connectivity index (χ3v) is 5.85. The van der Waals surface area contributed by atoms with Crippen LogP contribution in [0.1, 0.15) is 18.0 Å². The molecule has 24 heavy (non-hydrogen) atoms. The number of anilines is 2. The number of nitrogens with one attached hydrogen (secondary N) is 1. The van der Waals surface area contributed by atoms with E-state index in [2.05, 4.69) is 20.3 Å². The fourth-order valence-electron chi connectivity index (χ4n) is 2.62. The minimum Gasteiger partial charge on any atom is -0.309 e. The third-order valence-electron chi connectivity index (χ3n) is 3.94. The number of pyridine rings is 1. The fraction of sp³-hybridized carbons (Fsp3) is 0.400. The van der Waals surface area contributed by atoms with Crippen molar-refractivity contribution in [3.8, 4) is 0 Å². The summed E-state index contributed by atoms with van der Waals surface area (Å²) in [5.41, 5.74) is 0.833. The van der Waals surface area contributed by atoms with Crippen LogP contribution in [0.15, 0.2) is 36.7 Å². The highest BCUT2D eigenvalue weighted by atomic mass is 32.2. The smallest absolute Gasteiger partial charge is 0.281 e. The van der Waals surface area contributed by atoms with Crippen molar-refractivity contribution in [2.45, 2.75) is 12.3 Å². The number of rotatable bonds is 5. The van der Waals surface area contributed by atoms with Crippen molar-refractivity contribution in [1.82, 2.24) is 23.6 Å². The zero-order valence-electron chi connectivity index (χ0n) is 13.6. The standard InChI is InChI=1S/C15H20N6O2S/c1-20(2)24(22,23)21-10-7-12(11-21)13-6-9-17-15(18-13)19-14-5-3-4-8-16-14/h3-6,8-9,12H,7,10-11H2,1-2H3,(H,16,17,18,19)/t12-/m0/s1. The highest BCUT2D eigenvalue weighted by Crippen LogP contribution is 2.28. The molecule has 1 saturated heterocycles. The van der Waals surface area contributed by atoms with Crippen LogP contribution in [0.25, 0.3) is 0 Å². The Bertz CT molecular complexity index is 797. The minimum absolute atomic E-state index is 0.0620. The lowest BCUT2D eigenvalue weighted by atomic mass is 10.1. The molecule has 0 spiro atoms. The molecule has 0 aliphatic carbocycles. The summed E-state index contributed by atoms with van der Waals surface area (Å²) in [5.74, 6) is 1.19. The van der Waals surface area contributed by atoms with E-state index in [4.69, 9.17) is 0 Å². The van der Waals surface area contributed by atoms with E-state index in [1.54, 1.807) is 26.5 Å². The molecule has 0 unspecified atom stereocenters. The van der Waals surface area contributed by atoms with Crippen LogP contribution in [-0.2, 0) is 10.2 Å². The second-order valence-electron chi connectivity index (χ2n) is 5.78. The van der Waals surface area contributed by atoms with Crippen molar-refractivity contribution >= 4 is 22.0 Å². The first-order chi connectivity index (χ1) is 11.5. The molecule has 0 bridgehead atoms. The van der Waals surface area contributed by atoms with Crippen LogP contribution in [0.2, 0.25) is 0 Å². The summed E-state index contributed by atoms with van der Waals surface area (Å²) in [5, 5.41) is 3.05. The first kappa shape index (κ1) is 16.7. The largest absolute Gasteiger partial charge is 0.309 e. The lowest BCUT2D eigenvalue weighted by Crippen LogP contribution is -2.38. The highest BCUT2D eigenvalue weighted by molar-refractivity contribution is 7.86. The Morgan fingerprint density at radius 2 is 2.04 bits per heavy atom. The minimum atomic E-state index is -3.38. The molecule has 1 fully saturated rings. The van der Waals surface area contributed by atoms with Crippen LogP contribution in [0, 0.1) is 0 Å². The molecule has 9 heteroatoms. The normalized spacial score (nSPS) is 18.9. The van der Waals surface area contributed by atoms with Crippen molar-refractivity contribution in [2.75, 3.05) is 32.5 Å². The van der Waals surface area contributed by atoms with Crippen molar-refractivity contribution < 1.29 is 8.42 Å². The Hall–Kier alpha value is -2.10. The van der Waals surface area contributed by atoms with Crippen molar-refractivity contribution in [3.63, 3.8) is 0 Å². The van der Waals surface area contributed by atoms with Crippen LogP contribution in [0.4, 0.5) is 11.8 Å². The monoisotopic (exact) mass is 348 g/mol. The zero-order chi connectivity index (χ0) is 17.2. The maximum absolute atomic E-state index is 12.2. The molecule has 2 aromatic heterocycles. The van der Waals surface area contributed by atoms with E-state index in [1.165, 1.54) is 8.61 Å². The molecule has 1 aliphatic heterocycles. The fourth-order valence-corrected chi connectivity index (χ4v) is 3.79. The zero-order valence-corrected chi connectivity index (χ0v) is 14.4. The molecule has 3 rings (SSSR count). The molecule has 0 aromatic carbocycles. The topological polar surface area (TPSA) is 91.3 Å². The van der Waals surface area contributed by atoms with Crippen LogP contribution in [0.3, 0.4) is 0 Å². The Morgan fingerprint density at radius 3 is 2.75 bits per heavy atom. The van der Waals surface area contributed by atoms with Gasteiger partial charge in [0.05, 0.1) is 5.69 Å². The molecule has 2 aromatic rings. The maximum Gasteiger partial charge on any atom is 0.281 e. The van der Waals surface area contributed by atoms with E-state index in [0.29, 0.717) is 24.9 Å². The van der Waals surface area contributed by atoms with Gasteiger partial charge in [0.2, 0.25) is 5.95 Å². The Morgan fingerprint density at radius 1 is 1.21 bits per heavy atom. The molecule has 0 saturated carbocycles. The molecular formula is C15H20N6O2S. The van der Waals surface area contributed by atoms with E-state index in [1.807, 2.05) is 24.3 Å². The summed E-state index contributed by atoms with van der Waals surface area (Å²) < 4.78 is 27.2.